The molecule has 2 bridgehead atoms. The van der Waals surface area contributed by atoms with Crippen molar-refractivity contribution in [2.75, 3.05) is 31.1 Å². The Balaban J connectivity index is 1.44. The number of alkyl halides is 2. The van der Waals surface area contributed by atoms with Gasteiger partial charge in [0.2, 0.25) is 15.9 Å². The van der Waals surface area contributed by atoms with Crippen molar-refractivity contribution in [3.05, 3.63) is 52.4 Å². The van der Waals surface area contributed by atoms with E-state index in [1.165, 1.54) is 31.2 Å². The first kappa shape index (κ1) is 27.7. The zero-order valence-corrected chi connectivity index (χ0v) is 22.6. The topological polar surface area (TPSA) is 103 Å². The van der Waals surface area contributed by atoms with Gasteiger partial charge in [-0.2, -0.15) is 4.31 Å². The van der Waals surface area contributed by atoms with Gasteiger partial charge in [0.05, 0.1) is 34.3 Å². The van der Waals surface area contributed by atoms with Crippen molar-refractivity contribution in [3.8, 4) is 0 Å². The summed E-state index contributed by atoms with van der Waals surface area (Å²) < 4.78 is 68.6. The fraction of sp³-hybridized carbons (Fsp3) is 0.480. The van der Waals surface area contributed by atoms with Gasteiger partial charge >= 0.3 is 0 Å². The second kappa shape index (κ2) is 10.3. The van der Waals surface area contributed by atoms with E-state index in [9.17, 15) is 31.2 Å². The number of nitrogens with one attached hydrogen (secondary N) is 1. The summed E-state index contributed by atoms with van der Waals surface area (Å²) in [5.74, 6) is -3.98. The molecular weight excluding hydrogens is 559 g/mol. The summed E-state index contributed by atoms with van der Waals surface area (Å²) in [6.45, 7) is 0.691. The highest BCUT2D eigenvalue weighted by atomic mass is 35.5. The Bertz CT molecular complexity index is 1410. The lowest BCUT2D eigenvalue weighted by molar-refractivity contribution is -0.119. The number of piperazine rings is 1. The molecule has 3 saturated heterocycles. The summed E-state index contributed by atoms with van der Waals surface area (Å²) in [5, 5.41) is 2.62. The van der Waals surface area contributed by atoms with Crippen LogP contribution in [0.15, 0.2) is 35.2 Å². The maximum Gasteiger partial charge on any atom is 0.262 e. The Morgan fingerprint density at radius 1 is 1.15 bits per heavy atom. The molecule has 14 heteroatoms. The lowest BCUT2D eigenvalue weighted by atomic mass is 10.1. The first-order valence-corrected chi connectivity index (χ1v) is 14.3. The van der Waals surface area contributed by atoms with Crippen molar-refractivity contribution in [2.45, 2.75) is 55.6 Å². The lowest BCUT2D eigenvalue weighted by Crippen LogP contribution is -2.55. The van der Waals surface area contributed by atoms with Crippen LogP contribution < -0.4 is 10.2 Å². The number of sulfonamides is 1. The maximum atomic E-state index is 13.8. The Kier molecular flexibility index (Phi) is 7.27. The minimum absolute atomic E-state index is 0.0180. The van der Waals surface area contributed by atoms with Crippen molar-refractivity contribution in [1.29, 1.82) is 0 Å². The van der Waals surface area contributed by atoms with Gasteiger partial charge in [-0.1, -0.05) is 11.6 Å². The van der Waals surface area contributed by atoms with Crippen LogP contribution in [0, 0.1) is 5.82 Å². The molecule has 210 valence electrons. The van der Waals surface area contributed by atoms with E-state index >= 15 is 0 Å². The maximum absolute atomic E-state index is 13.8. The van der Waals surface area contributed by atoms with Crippen molar-refractivity contribution in [3.63, 3.8) is 0 Å². The van der Waals surface area contributed by atoms with Crippen LogP contribution in [0.3, 0.4) is 0 Å². The van der Waals surface area contributed by atoms with Gasteiger partial charge in [0.15, 0.2) is 0 Å². The van der Waals surface area contributed by atoms with Gasteiger partial charge in [-0.05, 0) is 37.1 Å². The van der Waals surface area contributed by atoms with Gasteiger partial charge in [-0.25, -0.2) is 26.6 Å². The molecule has 0 saturated carbocycles. The zero-order chi connectivity index (χ0) is 28.1. The molecule has 9 nitrogen and oxygen atoms in total. The van der Waals surface area contributed by atoms with Crippen molar-refractivity contribution >= 4 is 39.3 Å². The molecule has 0 radical (unpaired) electrons. The smallest absolute Gasteiger partial charge is 0.262 e. The second-order valence-electron chi connectivity index (χ2n) is 10.1. The van der Waals surface area contributed by atoms with Gasteiger partial charge in [-0.3, -0.25) is 9.59 Å². The van der Waals surface area contributed by atoms with Crippen LogP contribution in [-0.4, -0.2) is 78.6 Å². The standard InChI is InChI=1S/C25H27ClF3N5O4S/c1-15(35)30-11-17-9-20(39(37,38)33-7-6-25(28,29)14-33)10-23(31-17)34-18-3-4-19(34)13-32(12-18)24(36)21-5-2-16(27)8-22(21)26/h2,5,8-10,18-19H,3-4,6-7,11-14H2,1H3,(H,30,35). The Labute approximate surface area is 229 Å². The SMILES string of the molecule is CC(=O)NCc1cc(S(=O)(=O)N2CCC(F)(F)C2)cc(N2C3CCC2CN(C(=O)c2ccc(F)cc2Cl)C3)n1. The average Bonchev–Trinajstić information content (AvgIpc) is 3.37. The lowest BCUT2D eigenvalue weighted by Gasteiger charge is -2.42. The molecule has 2 unspecified atom stereocenters. The fourth-order valence-electron chi connectivity index (χ4n) is 5.47. The van der Waals surface area contributed by atoms with Gasteiger partial charge in [0.25, 0.3) is 11.8 Å². The fourth-order valence-corrected chi connectivity index (χ4v) is 7.24. The van der Waals surface area contributed by atoms with E-state index in [0.29, 0.717) is 31.7 Å². The van der Waals surface area contributed by atoms with Crippen LogP contribution in [0.25, 0.3) is 0 Å². The number of fused-ring (bicyclic) bond motifs is 2. The van der Waals surface area contributed by atoms with Gasteiger partial charge < -0.3 is 15.1 Å². The van der Waals surface area contributed by atoms with E-state index < -0.39 is 34.7 Å². The molecule has 0 spiro atoms. The number of amides is 2. The predicted molar refractivity (Wildman–Crippen MR) is 137 cm³/mol. The number of nitrogens with zero attached hydrogens (tertiary/aromatic N) is 4. The van der Waals surface area contributed by atoms with Crippen LogP contribution in [-0.2, 0) is 21.4 Å². The summed E-state index contributed by atoms with van der Waals surface area (Å²) in [5.41, 5.74) is 0.459. The minimum atomic E-state index is -4.25. The molecule has 2 aromatic rings. The normalized spacial score (nSPS) is 22.8. The van der Waals surface area contributed by atoms with Gasteiger partial charge in [0, 0.05) is 51.1 Å². The second-order valence-corrected chi connectivity index (χ2v) is 12.5. The van der Waals surface area contributed by atoms with Crippen LogP contribution in [0.1, 0.15) is 42.2 Å². The molecular formula is C25H27ClF3N5O4S. The van der Waals surface area contributed by atoms with Crippen molar-refractivity contribution < 1.29 is 31.2 Å². The highest BCUT2D eigenvalue weighted by Crippen LogP contribution is 2.37. The predicted octanol–water partition coefficient (Wildman–Crippen LogP) is 3.03. The van der Waals surface area contributed by atoms with E-state index in [1.807, 2.05) is 4.90 Å². The van der Waals surface area contributed by atoms with E-state index in [2.05, 4.69) is 10.3 Å². The van der Waals surface area contributed by atoms with E-state index in [4.69, 9.17) is 11.6 Å². The van der Waals surface area contributed by atoms with E-state index in [1.54, 1.807) is 4.90 Å². The molecule has 3 aliphatic heterocycles. The number of halogens is 4. The number of aromatic nitrogens is 1. The minimum Gasteiger partial charge on any atom is -0.351 e. The third-order valence-electron chi connectivity index (χ3n) is 7.32. The summed E-state index contributed by atoms with van der Waals surface area (Å²) in [6.07, 6.45) is 0.869. The number of hydrogen-bond acceptors (Lipinski definition) is 6. The number of benzene rings is 1. The summed E-state index contributed by atoms with van der Waals surface area (Å²) in [6, 6.07) is 5.89. The van der Waals surface area contributed by atoms with Crippen molar-refractivity contribution in [1.82, 2.24) is 19.5 Å². The number of carbonyl (C=O) groups excluding carboxylic acids is 2. The molecule has 1 N–H and O–H groups in total. The summed E-state index contributed by atoms with van der Waals surface area (Å²) in [4.78, 5) is 32.7. The van der Waals surface area contributed by atoms with E-state index in [0.717, 1.165) is 10.4 Å². The van der Waals surface area contributed by atoms with Gasteiger partial charge in [-0.15, -0.1) is 0 Å². The van der Waals surface area contributed by atoms with Crippen LogP contribution in [0.2, 0.25) is 5.02 Å². The number of pyridine rings is 1. The quantitative estimate of drug-likeness (QED) is 0.559. The number of anilines is 1. The zero-order valence-electron chi connectivity index (χ0n) is 21.0. The third kappa shape index (κ3) is 5.57. The molecule has 39 heavy (non-hydrogen) atoms. The molecule has 4 heterocycles. The molecule has 1 aromatic heterocycles. The Morgan fingerprint density at radius 3 is 2.44 bits per heavy atom. The number of rotatable bonds is 6. The molecule has 0 aliphatic carbocycles. The first-order chi connectivity index (χ1) is 18.3. The molecule has 5 rings (SSSR count). The highest BCUT2D eigenvalue weighted by Gasteiger charge is 2.45. The van der Waals surface area contributed by atoms with Crippen LogP contribution in [0.5, 0.6) is 0 Å². The highest BCUT2D eigenvalue weighted by molar-refractivity contribution is 7.89. The van der Waals surface area contributed by atoms with E-state index in [-0.39, 0.29) is 58.2 Å². The largest absolute Gasteiger partial charge is 0.351 e. The first-order valence-electron chi connectivity index (χ1n) is 12.5. The molecule has 2 atom stereocenters. The van der Waals surface area contributed by atoms with Gasteiger partial charge in [0.1, 0.15) is 11.6 Å². The monoisotopic (exact) mass is 585 g/mol. The number of carbonyl (C=O) groups is 2. The summed E-state index contributed by atoms with van der Waals surface area (Å²) >= 11 is 6.11. The summed E-state index contributed by atoms with van der Waals surface area (Å²) in [7, 11) is -4.25. The Hall–Kier alpha value is -2.90. The van der Waals surface area contributed by atoms with Crippen LogP contribution >= 0.6 is 11.6 Å². The molecule has 1 aromatic carbocycles. The average molecular weight is 586 g/mol. The molecule has 3 fully saturated rings. The molecule has 2 amide bonds. The third-order valence-corrected chi connectivity index (χ3v) is 9.46. The number of hydrogen-bond donors (Lipinski definition) is 1. The van der Waals surface area contributed by atoms with Crippen molar-refractivity contribution in [2.24, 2.45) is 0 Å². The number of likely N-dealkylation sites (tertiary alicyclic amines) is 1. The molecule has 3 aliphatic rings. The van der Waals surface area contributed by atoms with Crippen LogP contribution in [0.4, 0.5) is 19.0 Å². The Morgan fingerprint density at radius 2 is 1.85 bits per heavy atom.